The van der Waals surface area contributed by atoms with Crippen LogP contribution in [0.4, 0.5) is 10.5 Å². The molecule has 1 saturated heterocycles. The molecule has 1 atom stereocenters. The second kappa shape index (κ2) is 10.3. The molecule has 180 valence electrons. The SMILES string of the molecule is Cc1cc(C(=O)N2CCCCc3ccccc32)ccc1CNC(=O)N1CCC[C@@H]1C(=O)N(C)C. The van der Waals surface area contributed by atoms with E-state index in [9.17, 15) is 14.4 Å². The molecule has 34 heavy (non-hydrogen) atoms. The van der Waals surface area contributed by atoms with Crippen molar-refractivity contribution in [2.75, 3.05) is 32.1 Å². The van der Waals surface area contributed by atoms with Crippen LogP contribution < -0.4 is 10.2 Å². The van der Waals surface area contributed by atoms with Gasteiger partial charge >= 0.3 is 6.03 Å². The Morgan fingerprint density at radius 1 is 1.03 bits per heavy atom. The lowest BCUT2D eigenvalue weighted by atomic mass is 10.0. The molecule has 0 unspecified atom stereocenters. The third-order valence-electron chi connectivity index (χ3n) is 6.86. The van der Waals surface area contributed by atoms with Gasteiger partial charge in [-0.25, -0.2) is 4.79 Å². The van der Waals surface area contributed by atoms with Gasteiger partial charge in [-0.1, -0.05) is 24.3 Å². The molecule has 1 fully saturated rings. The number of benzene rings is 2. The predicted octanol–water partition coefficient (Wildman–Crippen LogP) is 3.74. The van der Waals surface area contributed by atoms with Crippen LogP contribution in [0.15, 0.2) is 42.5 Å². The molecule has 2 aliphatic rings. The van der Waals surface area contributed by atoms with Gasteiger partial charge in [0.2, 0.25) is 5.91 Å². The van der Waals surface area contributed by atoms with Crippen LogP contribution in [-0.4, -0.2) is 60.9 Å². The lowest BCUT2D eigenvalue weighted by Crippen LogP contribution is -2.49. The van der Waals surface area contributed by atoms with E-state index in [4.69, 9.17) is 0 Å². The maximum absolute atomic E-state index is 13.4. The molecule has 4 rings (SSSR count). The van der Waals surface area contributed by atoms with Gasteiger partial charge in [0, 0.05) is 45.0 Å². The molecule has 4 amide bonds. The van der Waals surface area contributed by atoms with Crippen molar-refractivity contribution >= 4 is 23.5 Å². The molecule has 0 bridgehead atoms. The maximum atomic E-state index is 13.4. The van der Waals surface area contributed by atoms with Crippen molar-refractivity contribution in [2.45, 2.75) is 51.6 Å². The molecular weight excluding hydrogens is 428 g/mol. The quantitative estimate of drug-likeness (QED) is 0.752. The second-order valence-corrected chi connectivity index (χ2v) is 9.43. The van der Waals surface area contributed by atoms with Crippen LogP contribution in [0, 0.1) is 6.92 Å². The van der Waals surface area contributed by atoms with Gasteiger partial charge in [0.1, 0.15) is 6.04 Å². The number of likely N-dealkylation sites (N-methyl/N-ethyl adjacent to an activating group) is 1. The molecule has 2 heterocycles. The van der Waals surface area contributed by atoms with Crippen molar-refractivity contribution in [2.24, 2.45) is 0 Å². The number of likely N-dealkylation sites (tertiary alicyclic amines) is 1. The third kappa shape index (κ3) is 4.93. The van der Waals surface area contributed by atoms with Crippen LogP contribution in [0.5, 0.6) is 0 Å². The highest BCUT2D eigenvalue weighted by molar-refractivity contribution is 6.06. The molecule has 2 aliphatic heterocycles. The molecule has 7 heteroatoms. The number of aryl methyl sites for hydroxylation is 2. The fourth-order valence-electron chi connectivity index (χ4n) is 4.92. The van der Waals surface area contributed by atoms with E-state index in [0.29, 0.717) is 25.1 Å². The number of hydrogen-bond acceptors (Lipinski definition) is 3. The normalized spacial score (nSPS) is 17.7. The Balaban J connectivity index is 1.43. The van der Waals surface area contributed by atoms with E-state index < -0.39 is 6.04 Å². The van der Waals surface area contributed by atoms with Crippen molar-refractivity contribution in [3.8, 4) is 0 Å². The van der Waals surface area contributed by atoms with Crippen LogP contribution >= 0.6 is 0 Å². The average Bonchev–Trinajstić information content (AvgIpc) is 3.22. The molecule has 0 aromatic heterocycles. The number of nitrogens with zero attached hydrogens (tertiary/aromatic N) is 3. The van der Waals surface area contributed by atoms with Crippen LogP contribution in [0.1, 0.15) is 52.7 Å². The summed E-state index contributed by atoms with van der Waals surface area (Å²) in [5, 5.41) is 2.96. The summed E-state index contributed by atoms with van der Waals surface area (Å²) in [6.45, 7) is 3.61. The molecule has 2 aromatic rings. The fourth-order valence-corrected chi connectivity index (χ4v) is 4.92. The first-order valence-corrected chi connectivity index (χ1v) is 12.1. The van der Waals surface area contributed by atoms with Gasteiger partial charge in [-0.05, 0) is 73.9 Å². The van der Waals surface area contributed by atoms with E-state index in [1.54, 1.807) is 23.9 Å². The van der Waals surface area contributed by atoms with Gasteiger partial charge in [0.05, 0.1) is 0 Å². The van der Waals surface area contributed by atoms with Crippen LogP contribution in [0.3, 0.4) is 0 Å². The van der Waals surface area contributed by atoms with Gasteiger partial charge < -0.3 is 20.0 Å². The molecular formula is C27H34N4O3. The van der Waals surface area contributed by atoms with E-state index >= 15 is 0 Å². The van der Waals surface area contributed by atoms with Crippen molar-refractivity contribution in [3.63, 3.8) is 0 Å². The Hall–Kier alpha value is -3.35. The minimum Gasteiger partial charge on any atom is -0.347 e. The lowest BCUT2D eigenvalue weighted by Gasteiger charge is -2.26. The smallest absolute Gasteiger partial charge is 0.318 e. The van der Waals surface area contributed by atoms with E-state index in [-0.39, 0.29) is 17.8 Å². The van der Waals surface area contributed by atoms with E-state index in [0.717, 1.165) is 49.0 Å². The average molecular weight is 463 g/mol. The first-order valence-electron chi connectivity index (χ1n) is 12.1. The topological polar surface area (TPSA) is 73.0 Å². The number of carbonyl (C=O) groups excluding carboxylic acids is 3. The number of amides is 4. The number of fused-ring (bicyclic) bond motifs is 1. The number of para-hydroxylation sites is 1. The summed E-state index contributed by atoms with van der Waals surface area (Å²) in [6.07, 6.45) is 4.58. The number of rotatable bonds is 4. The summed E-state index contributed by atoms with van der Waals surface area (Å²) in [7, 11) is 3.43. The van der Waals surface area contributed by atoms with Crippen LogP contribution in [0.25, 0.3) is 0 Å². The molecule has 1 N–H and O–H groups in total. The van der Waals surface area contributed by atoms with Crippen molar-refractivity contribution in [3.05, 3.63) is 64.7 Å². The monoisotopic (exact) mass is 462 g/mol. The minimum atomic E-state index is -0.396. The molecule has 2 aromatic carbocycles. The first-order chi connectivity index (χ1) is 16.4. The Kier molecular flexibility index (Phi) is 7.20. The molecule has 7 nitrogen and oxygen atoms in total. The lowest BCUT2D eigenvalue weighted by molar-refractivity contribution is -0.132. The summed E-state index contributed by atoms with van der Waals surface area (Å²) >= 11 is 0. The number of nitrogens with one attached hydrogen (secondary N) is 1. The Bertz CT molecular complexity index is 1080. The van der Waals surface area contributed by atoms with E-state index in [1.165, 1.54) is 5.56 Å². The predicted molar refractivity (Wildman–Crippen MR) is 133 cm³/mol. The van der Waals surface area contributed by atoms with Crippen molar-refractivity contribution in [1.29, 1.82) is 0 Å². The van der Waals surface area contributed by atoms with Crippen molar-refractivity contribution in [1.82, 2.24) is 15.1 Å². The van der Waals surface area contributed by atoms with Crippen molar-refractivity contribution < 1.29 is 14.4 Å². The fraction of sp³-hybridized carbons (Fsp3) is 0.444. The molecule has 0 saturated carbocycles. The van der Waals surface area contributed by atoms with E-state index in [1.807, 2.05) is 48.2 Å². The first kappa shape index (κ1) is 23.8. The number of urea groups is 1. The summed E-state index contributed by atoms with van der Waals surface area (Å²) < 4.78 is 0. The van der Waals surface area contributed by atoms with Gasteiger partial charge in [0.25, 0.3) is 5.91 Å². The molecule has 0 spiro atoms. The Labute approximate surface area is 201 Å². The summed E-state index contributed by atoms with van der Waals surface area (Å²) in [4.78, 5) is 43.6. The number of hydrogen-bond donors (Lipinski definition) is 1. The largest absolute Gasteiger partial charge is 0.347 e. The standard InChI is InChI=1S/C27H34N4O3/c1-19-17-21(25(32)30-15-7-6-10-20-9-4-5-11-23(20)30)13-14-22(19)18-28-27(34)31-16-8-12-24(31)26(33)29(2)3/h4-5,9,11,13-14,17,24H,6-8,10,12,15-16,18H2,1-3H3,(H,28,34)/t24-/m1/s1. The van der Waals surface area contributed by atoms with Gasteiger partial charge in [-0.3, -0.25) is 9.59 Å². The number of carbonyl (C=O) groups is 3. The Morgan fingerprint density at radius 3 is 2.59 bits per heavy atom. The van der Waals surface area contributed by atoms with E-state index in [2.05, 4.69) is 11.4 Å². The zero-order valence-corrected chi connectivity index (χ0v) is 20.3. The van der Waals surface area contributed by atoms with Gasteiger partial charge in [0.15, 0.2) is 0 Å². The summed E-state index contributed by atoms with van der Waals surface area (Å²) in [6, 6.07) is 13.2. The summed E-state index contributed by atoms with van der Waals surface area (Å²) in [5.74, 6) is -0.0306. The van der Waals surface area contributed by atoms with Gasteiger partial charge in [-0.2, -0.15) is 0 Å². The highest BCUT2D eigenvalue weighted by atomic mass is 16.2. The minimum absolute atomic E-state index is 0.00939. The second-order valence-electron chi connectivity index (χ2n) is 9.43. The van der Waals surface area contributed by atoms with Crippen LogP contribution in [0.2, 0.25) is 0 Å². The highest BCUT2D eigenvalue weighted by Gasteiger charge is 2.34. The van der Waals surface area contributed by atoms with Gasteiger partial charge in [-0.15, -0.1) is 0 Å². The zero-order valence-electron chi connectivity index (χ0n) is 20.3. The summed E-state index contributed by atoms with van der Waals surface area (Å²) in [5.41, 5.74) is 4.79. The zero-order chi connectivity index (χ0) is 24.2. The Morgan fingerprint density at radius 2 is 1.82 bits per heavy atom. The number of anilines is 1. The highest BCUT2D eigenvalue weighted by Crippen LogP contribution is 2.28. The molecule has 0 radical (unpaired) electrons. The molecule has 0 aliphatic carbocycles. The van der Waals surface area contributed by atoms with Crippen LogP contribution in [-0.2, 0) is 17.8 Å². The maximum Gasteiger partial charge on any atom is 0.318 e. The third-order valence-corrected chi connectivity index (χ3v) is 6.86.